The van der Waals surface area contributed by atoms with E-state index in [2.05, 4.69) is 16.0 Å². The maximum absolute atomic E-state index is 12.4. The van der Waals surface area contributed by atoms with Crippen molar-refractivity contribution in [2.45, 2.75) is 13.0 Å². The van der Waals surface area contributed by atoms with Gasteiger partial charge in [0.25, 0.3) is 5.91 Å². The summed E-state index contributed by atoms with van der Waals surface area (Å²) in [6.45, 7) is 1.35. The summed E-state index contributed by atoms with van der Waals surface area (Å²) in [5, 5.41) is 2.97. The van der Waals surface area contributed by atoms with Crippen LogP contribution in [0.5, 0.6) is 0 Å². The summed E-state index contributed by atoms with van der Waals surface area (Å²) in [6, 6.07) is 9.82. The molecule has 21 heavy (non-hydrogen) atoms. The Morgan fingerprint density at radius 1 is 1.29 bits per heavy atom. The van der Waals surface area contributed by atoms with E-state index in [1.807, 2.05) is 34.5 Å². The van der Waals surface area contributed by atoms with Crippen LogP contribution in [0.15, 0.2) is 41.9 Å². The second-order valence-electron chi connectivity index (χ2n) is 5.10. The average Bonchev–Trinajstić information content (AvgIpc) is 3.06. The molecule has 0 aliphatic carbocycles. The van der Waals surface area contributed by atoms with E-state index in [0.29, 0.717) is 6.54 Å². The van der Waals surface area contributed by atoms with Crippen LogP contribution in [0.25, 0.3) is 11.0 Å². The van der Waals surface area contributed by atoms with E-state index in [-0.39, 0.29) is 5.91 Å². The number of thiophene rings is 1. The van der Waals surface area contributed by atoms with Crippen LogP contribution in [0.3, 0.4) is 0 Å². The van der Waals surface area contributed by atoms with Crippen LogP contribution in [0.1, 0.15) is 20.9 Å². The van der Waals surface area contributed by atoms with Crippen molar-refractivity contribution in [1.29, 1.82) is 0 Å². The van der Waals surface area contributed by atoms with E-state index in [9.17, 15) is 4.79 Å². The molecule has 5 heteroatoms. The van der Waals surface area contributed by atoms with E-state index in [1.54, 1.807) is 6.20 Å². The lowest BCUT2D eigenvalue weighted by Gasteiger charge is -2.28. The van der Waals surface area contributed by atoms with Gasteiger partial charge in [0.1, 0.15) is 0 Å². The fourth-order valence-corrected chi connectivity index (χ4v) is 3.39. The minimum atomic E-state index is 0.113. The first-order valence-corrected chi connectivity index (χ1v) is 7.75. The van der Waals surface area contributed by atoms with E-state index in [0.717, 1.165) is 40.1 Å². The van der Waals surface area contributed by atoms with Crippen LogP contribution in [-0.4, -0.2) is 27.3 Å². The van der Waals surface area contributed by atoms with Gasteiger partial charge in [-0.25, -0.2) is 9.97 Å². The molecule has 0 spiro atoms. The molecule has 0 atom stereocenters. The highest BCUT2D eigenvalue weighted by atomic mass is 32.1. The monoisotopic (exact) mass is 295 g/mol. The summed E-state index contributed by atoms with van der Waals surface area (Å²) in [5.74, 6) is 0.113. The Kier molecular flexibility index (Phi) is 2.93. The van der Waals surface area contributed by atoms with Gasteiger partial charge < -0.3 is 4.90 Å². The van der Waals surface area contributed by atoms with E-state index in [4.69, 9.17) is 0 Å². The lowest BCUT2D eigenvalue weighted by atomic mass is 10.0. The molecule has 1 amide bonds. The van der Waals surface area contributed by atoms with Gasteiger partial charge in [0.15, 0.2) is 5.65 Å². The Hall–Kier alpha value is -2.27. The Morgan fingerprint density at radius 2 is 2.24 bits per heavy atom. The minimum Gasteiger partial charge on any atom is -0.333 e. The van der Waals surface area contributed by atoms with Crippen LogP contribution in [-0.2, 0) is 13.0 Å². The normalized spacial score (nSPS) is 14.2. The molecule has 0 bridgehead atoms. The van der Waals surface area contributed by atoms with Gasteiger partial charge in [-0.1, -0.05) is 6.07 Å². The molecule has 0 unspecified atom stereocenters. The Labute approximate surface area is 126 Å². The van der Waals surface area contributed by atoms with Gasteiger partial charge in [-0.3, -0.25) is 4.79 Å². The first kappa shape index (κ1) is 12.5. The molecular formula is C16H13N3OS. The lowest BCUT2D eigenvalue weighted by Crippen LogP contribution is -2.36. The number of amides is 1. The molecule has 3 aromatic heterocycles. The predicted octanol–water partition coefficient (Wildman–Crippen LogP) is 2.89. The molecule has 4 nitrogen and oxygen atoms in total. The largest absolute Gasteiger partial charge is 0.333 e. The van der Waals surface area contributed by atoms with E-state index < -0.39 is 0 Å². The number of rotatable bonds is 1. The molecule has 0 N–H and O–H groups in total. The van der Waals surface area contributed by atoms with Gasteiger partial charge in [0.05, 0.1) is 4.88 Å². The molecule has 4 rings (SSSR count). The van der Waals surface area contributed by atoms with Gasteiger partial charge in [-0.05, 0) is 35.2 Å². The Balaban J connectivity index is 1.68. The second kappa shape index (κ2) is 4.93. The summed E-state index contributed by atoms with van der Waals surface area (Å²) in [6.07, 6.45) is 2.55. The second-order valence-corrected chi connectivity index (χ2v) is 6.05. The maximum Gasteiger partial charge on any atom is 0.264 e. The van der Waals surface area contributed by atoms with Crippen LogP contribution in [0.2, 0.25) is 0 Å². The maximum atomic E-state index is 12.4. The summed E-state index contributed by atoms with van der Waals surface area (Å²) in [4.78, 5) is 24.1. The van der Waals surface area contributed by atoms with Crippen molar-refractivity contribution < 1.29 is 4.79 Å². The molecule has 0 saturated carbocycles. The van der Waals surface area contributed by atoms with Gasteiger partial charge in [0.2, 0.25) is 0 Å². The number of aromatic nitrogens is 2. The third-order valence-corrected chi connectivity index (χ3v) is 4.61. The number of pyridine rings is 2. The van der Waals surface area contributed by atoms with Crippen molar-refractivity contribution in [2.24, 2.45) is 0 Å². The zero-order valence-corrected chi connectivity index (χ0v) is 12.1. The number of hydrogen-bond donors (Lipinski definition) is 0. The highest BCUT2D eigenvalue weighted by Gasteiger charge is 2.23. The zero-order chi connectivity index (χ0) is 14.2. The molecule has 0 aromatic carbocycles. The van der Waals surface area contributed by atoms with Crippen molar-refractivity contribution >= 4 is 28.3 Å². The number of carbonyl (C=O) groups is 1. The minimum absolute atomic E-state index is 0.113. The molecular weight excluding hydrogens is 282 g/mol. The first-order chi connectivity index (χ1) is 10.3. The standard InChI is InChI=1S/C16H13N3OS/c20-16(14-4-2-8-21-14)19-7-5-13-12(10-19)9-11-3-1-6-17-15(11)18-13/h1-4,6,8-9H,5,7,10H2. The zero-order valence-electron chi connectivity index (χ0n) is 11.3. The van der Waals surface area contributed by atoms with Crippen LogP contribution >= 0.6 is 11.3 Å². The molecule has 0 radical (unpaired) electrons. The molecule has 3 aromatic rings. The first-order valence-electron chi connectivity index (χ1n) is 6.87. The number of nitrogens with zero attached hydrogens (tertiary/aromatic N) is 3. The molecule has 0 fully saturated rings. The lowest BCUT2D eigenvalue weighted by molar-refractivity contribution is 0.0738. The predicted molar refractivity (Wildman–Crippen MR) is 82.3 cm³/mol. The molecule has 1 aliphatic rings. The highest BCUT2D eigenvalue weighted by molar-refractivity contribution is 7.12. The highest BCUT2D eigenvalue weighted by Crippen LogP contribution is 2.23. The number of carbonyl (C=O) groups excluding carboxylic acids is 1. The van der Waals surface area contributed by atoms with Crippen LogP contribution in [0, 0.1) is 0 Å². The van der Waals surface area contributed by atoms with Crippen molar-refractivity contribution in [3.8, 4) is 0 Å². The van der Waals surface area contributed by atoms with E-state index in [1.165, 1.54) is 11.3 Å². The molecule has 104 valence electrons. The third-order valence-electron chi connectivity index (χ3n) is 3.76. The third kappa shape index (κ3) is 2.19. The Morgan fingerprint density at radius 3 is 3.10 bits per heavy atom. The van der Waals surface area contributed by atoms with Crippen LogP contribution < -0.4 is 0 Å². The van der Waals surface area contributed by atoms with Gasteiger partial charge in [-0.2, -0.15) is 0 Å². The smallest absolute Gasteiger partial charge is 0.264 e. The summed E-state index contributed by atoms with van der Waals surface area (Å²) >= 11 is 1.49. The van der Waals surface area contributed by atoms with Crippen molar-refractivity contribution in [1.82, 2.24) is 14.9 Å². The number of fused-ring (bicyclic) bond motifs is 2. The Bertz CT molecular complexity index is 814. The fraction of sp³-hybridized carbons (Fsp3) is 0.188. The van der Waals surface area contributed by atoms with Gasteiger partial charge >= 0.3 is 0 Å². The fourth-order valence-electron chi connectivity index (χ4n) is 2.69. The number of hydrogen-bond acceptors (Lipinski definition) is 4. The average molecular weight is 295 g/mol. The van der Waals surface area contributed by atoms with Gasteiger partial charge in [-0.15, -0.1) is 11.3 Å². The summed E-state index contributed by atoms with van der Waals surface area (Å²) in [7, 11) is 0. The quantitative estimate of drug-likeness (QED) is 0.693. The summed E-state index contributed by atoms with van der Waals surface area (Å²) < 4.78 is 0. The molecule has 1 aliphatic heterocycles. The molecule has 0 saturated heterocycles. The SMILES string of the molecule is O=C(c1cccs1)N1CCc2nc3ncccc3cc2C1. The topological polar surface area (TPSA) is 46.1 Å². The van der Waals surface area contributed by atoms with Crippen molar-refractivity contribution in [3.63, 3.8) is 0 Å². The van der Waals surface area contributed by atoms with Crippen LogP contribution in [0.4, 0.5) is 0 Å². The summed E-state index contributed by atoms with van der Waals surface area (Å²) in [5.41, 5.74) is 2.98. The van der Waals surface area contributed by atoms with Crippen molar-refractivity contribution in [2.75, 3.05) is 6.54 Å². The molecule has 4 heterocycles. The van der Waals surface area contributed by atoms with E-state index >= 15 is 0 Å². The van der Waals surface area contributed by atoms with Crippen molar-refractivity contribution in [3.05, 3.63) is 58.0 Å². The van der Waals surface area contributed by atoms with Gasteiger partial charge in [0, 0.05) is 36.8 Å².